The van der Waals surface area contributed by atoms with Crippen LogP contribution in [-0.4, -0.2) is 59.9 Å². The number of fused-ring (bicyclic) bond motifs is 4. The second-order valence-electron chi connectivity index (χ2n) is 16.5. The summed E-state index contributed by atoms with van der Waals surface area (Å²) in [5.74, 6) is -7.74. The lowest BCUT2D eigenvalue weighted by Crippen LogP contribution is -2.53. The number of ether oxygens (including phenoxy) is 1. The third-order valence-electron chi connectivity index (χ3n) is 12.8. The van der Waals surface area contributed by atoms with Crippen LogP contribution in [0, 0.1) is 23.7 Å². The zero-order chi connectivity index (χ0) is 46.1. The van der Waals surface area contributed by atoms with Crippen LogP contribution in [0.3, 0.4) is 0 Å². The zero-order valence-corrected chi connectivity index (χ0v) is 36.3. The van der Waals surface area contributed by atoms with Gasteiger partial charge in [-0.2, -0.15) is 28.4 Å². The molecule has 4 aromatic carbocycles. The number of nitrogens with zero attached hydrogens (tertiary/aromatic N) is 6. The fraction of sp³-hybridized carbons (Fsp3) is 0.255. The van der Waals surface area contributed by atoms with E-state index in [1.807, 2.05) is 49.3 Å². The van der Waals surface area contributed by atoms with Gasteiger partial charge in [0.05, 0.1) is 57.9 Å². The Morgan fingerprint density at radius 2 is 1.52 bits per heavy atom. The topological polar surface area (TPSA) is 157 Å². The van der Waals surface area contributed by atoms with Crippen LogP contribution in [0.1, 0.15) is 35.4 Å². The maximum absolute atomic E-state index is 15.5. The molecule has 3 heterocycles. The molecule has 1 aromatic heterocycles. The second-order valence-corrected chi connectivity index (χ2v) is 17.3. The van der Waals surface area contributed by atoms with Crippen LogP contribution in [0.2, 0.25) is 10.0 Å². The molecule has 3 fully saturated rings. The van der Waals surface area contributed by atoms with Crippen LogP contribution in [0.4, 0.5) is 41.7 Å². The van der Waals surface area contributed by atoms with E-state index in [1.165, 1.54) is 19.2 Å². The highest BCUT2D eigenvalue weighted by Crippen LogP contribution is 2.65. The fourth-order valence-corrected chi connectivity index (χ4v) is 10.3. The number of aromatic nitrogens is 1. The average Bonchev–Trinajstić information content (AvgIpc) is 3.66. The second kappa shape index (κ2) is 16.3. The Hall–Kier alpha value is -6.78. The number of azo groups is 1. The van der Waals surface area contributed by atoms with Gasteiger partial charge in [0.15, 0.2) is 5.82 Å². The molecule has 1 saturated carbocycles. The number of hydrogen-bond acceptors (Lipinski definition) is 11. The molecule has 4 aliphatic rings. The monoisotopic (exact) mass is 923 g/mol. The smallest absolute Gasteiger partial charge is 0.417 e. The molecule has 2 aliphatic carbocycles. The van der Waals surface area contributed by atoms with Gasteiger partial charge in [0.1, 0.15) is 11.5 Å². The molecule has 332 valence electrons. The molecule has 6 atom stereocenters. The Morgan fingerprint density at radius 3 is 2.14 bits per heavy atom. The molecule has 0 spiro atoms. The molecule has 18 heteroatoms. The van der Waals surface area contributed by atoms with Gasteiger partial charge in [-0.15, -0.1) is 0 Å². The van der Waals surface area contributed by atoms with Crippen molar-refractivity contribution >= 4 is 75.4 Å². The lowest BCUT2D eigenvalue weighted by atomic mass is 9.49. The van der Waals surface area contributed by atoms with Crippen molar-refractivity contribution in [2.45, 2.75) is 30.4 Å². The van der Waals surface area contributed by atoms with Crippen molar-refractivity contribution in [2.75, 3.05) is 36.4 Å². The number of carbonyl (C=O) groups is 4. The van der Waals surface area contributed by atoms with E-state index in [1.54, 1.807) is 54.6 Å². The normalized spacial score (nSPS) is 23.9. The minimum Gasteiger partial charge on any atom is -0.508 e. The van der Waals surface area contributed by atoms with E-state index >= 15 is 9.59 Å². The number of allylic oxidation sites excluding steroid dienone is 2. The van der Waals surface area contributed by atoms with E-state index in [4.69, 9.17) is 27.9 Å². The predicted molar refractivity (Wildman–Crippen MR) is 235 cm³/mol. The summed E-state index contributed by atoms with van der Waals surface area (Å²) in [6.45, 7) is 0. The van der Waals surface area contributed by atoms with Crippen LogP contribution < -0.4 is 20.0 Å². The first kappa shape index (κ1) is 43.5. The van der Waals surface area contributed by atoms with E-state index in [2.05, 4.69) is 20.6 Å². The molecular formula is C47H38Cl2F3N7O6. The lowest BCUT2D eigenvalue weighted by Gasteiger charge is -2.50. The van der Waals surface area contributed by atoms with E-state index < -0.39 is 75.4 Å². The largest absolute Gasteiger partial charge is 0.508 e. The number of benzene rings is 4. The number of phenolic OH excluding ortho intramolecular Hbond substituents is 1. The number of rotatable bonds is 9. The van der Waals surface area contributed by atoms with Gasteiger partial charge >= 0.3 is 6.18 Å². The number of amides is 4. The number of carbonyl (C=O) groups excluding carboxylic acids is 4. The number of methoxy groups -OCH3 is 1. The quantitative estimate of drug-likeness (QED) is 0.0835. The summed E-state index contributed by atoms with van der Waals surface area (Å²) in [6.07, 6.45) is -2.37. The maximum atomic E-state index is 15.5. The van der Waals surface area contributed by atoms with Gasteiger partial charge in [-0.3, -0.25) is 29.5 Å². The van der Waals surface area contributed by atoms with Gasteiger partial charge in [-0.25, -0.2) is 4.98 Å². The highest BCUT2D eigenvalue weighted by atomic mass is 35.5. The number of nitrogens with one attached hydrogen (secondary N) is 1. The van der Waals surface area contributed by atoms with Crippen molar-refractivity contribution in [3.63, 3.8) is 0 Å². The molecule has 2 saturated heterocycles. The minimum atomic E-state index is -4.77. The summed E-state index contributed by atoms with van der Waals surface area (Å²) in [7, 11) is 5.25. The summed E-state index contributed by atoms with van der Waals surface area (Å²) in [4.78, 5) is 66.7. The average molecular weight is 925 g/mol. The van der Waals surface area contributed by atoms with E-state index in [-0.39, 0.29) is 30.2 Å². The van der Waals surface area contributed by atoms with Crippen LogP contribution >= 0.6 is 23.2 Å². The first-order valence-corrected chi connectivity index (χ1v) is 21.2. The van der Waals surface area contributed by atoms with Crippen LogP contribution in [0.15, 0.2) is 125 Å². The van der Waals surface area contributed by atoms with Crippen molar-refractivity contribution in [1.29, 1.82) is 0 Å². The summed E-state index contributed by atoms with van der Waals surface area (Å²) in [5.41, 5.74) is 3.45. The van der Waals surface area contributed by atoms with E-state index in [9.17, 15) is 27.9 Å². The first-order chi connectivity index (χ1) is 31.0. The van der Waals surface area contributed by atoms with Crippen molar-refractivity contribution in [3.05, 3.63) is 142 Å². The lowest BCUT2D eigenvalue weighted by molar-refractivity contribution is -0.139. The predicted octanol–water partition coefficient (Wildman–Crippen LogP) is 9.79. The molecule has 6 unspecified atom stereocenters. The van der Waals surface area contributed by atoms with Gasteiger partial charge in [0.2, 0.25) is 11.8 Å². The number of anilines is 3. The molecular weight excluding hydrogens is 886 g/mol. The summed E-state index contributed by atoms with van der Waals surface area (Å²) in [6, 6.07) is 25.4. The van der Waals surface area contributed by atoms with E-state index in [0.717, 1.165) is 10.6 Å². The summed E-state index contributed by atoms with van der Waals surface area (Å²) >= 11 is 12.7. The molecule has 4 amide bonds. The third kappa shape index (κ3) is 7.24. The molecule has 0 bridgehead atoms. The Kier molecular flexibility index (Phi) is 10.9. The molecule has 0 radical (unpaired) electrons. The van der Waals surface area contributed by atoms with Crippen molar-refractivity contribution in [3.8, 4) is 11.5 Å². The number of hydrazine groups is 1. The standard InChI is InChI=1S/C47H38Cl2F3N7O6/c1-57(2)29-12-8-27(9-13-29)54-55-28-10-14-30(15-11-28)58-42(61)34-19-18-32-35(39(34)44(58)63)22-36-43(62)59(56-41-37(49)20-25(23-53-41)47(50,51)52)45(64)46(36,24-4-6-26(48)7-5-24)40(32)33-17-16-31(60)21-38(33)65-3/h4-18,20-21,23,34-36,39-40,60H,19,22H2,1-3H3,(H,53,56). The number of hydrogen-bond donors (Lipinski definition) is 2. The zero-order valence-electron chi connectivity index (χ0n) is 34.8. The summed E-state index contributed by atoms with van der Waals surface area (Å²) in [5, 5.41) is 19.8. The first-order valence-electron chi connectivity index (χ1n) is 20.4. The van der Waals surface area contributed by atoms with Gasteiger partial charge in [-0.1, -0.05) is 53.1 Å². The molecule has 2 N–H and O–H groups in total. The Labute approximate surface area is 380 Å². The van der Waals surface area contributed by atoms with Crippen molar-refractivity contribution in [1.82, 2.24) is 9.99 Å². The molecule has 9 rings (SSSR count). The third-order valence-corrected chi connectivity index (χ3v) is 13.4. The number of aromatic hydroxyl groups is 1. The van der Waals surface area contributed by atoms with Gasteiger partial charge in [-0.05, 0) is 97.1 Å². The van der Waals surface area contributed by atoms with Gasteiger partial charge in [0, 0.05) is 48.5 Å². The molecule has 2 aliphatic heterocycles. The number of halogens is 5. The van der Waals surface area contributed by atoms with Gasteiger partial charge in [0.25, 0.3) is 11.8 Å². The fourth-order valence-electron chi connectivity index (χ4n) is 9.92. The molecule has 5 aromatic rings. The summed E-state index contributed by atoms with van der Waals surface area (Å²) < 4.78 is 46.6. The number of phenols is 1. The number of pyridine rings is 1. The minimum absolute atomic E-state index is 0.0921. The molecule has 13 nitrogen and oxygen atoms in total. The van der Waals surface area contributed by atoms with Crippen molar-refractivity contribution in [2.24, 2.45) is 33.9 Å². The highest BCUT2D eigenvalue weighted by Gasteiger charge is 2.71. The van der Waals surface area contributed by atoms with Crippen LogP contribution in [0.25, 0.3) is 0 Å². The van der Waals surface area contributed by atoms with Crippen LogP contribution in [0.5, 0.6) is 11.5 Å². The van der Waals surface area contributed by atoms with E-state index in [0.29, 0.717) is 56.1 Å². The SMILES string of the molecule is COc1cc(O)ccc1C1C2=CCC3C(=O)N(c4ccc(N=Nc5ccc(N(C)C)cc5)cc4)C(=O)C3C2CC2C(=O)N(Nc3ncc(C(F)(F)F)cc3Cl)C(=O)C21c1ccc(Cl)cc1. The number of imide groups is 2. The Balaban J connectivity index is 1.12. The highest BCUT2D eigenvalue weighted by molar-refractivity contribution is 6.33. The Bertz CT molecular complexity index is 2820. The Morgan fingerprint density at radius 1 is 0.862 bits per heavy atom. The van der Waals surface area contributed by atoms with Crippen molar-refractivity contribution < 1.29 is 42.2 Å². The van der Waals surface area contributed by atoms with Gasteiger partial charge < -0.3 is 14.7 Å². The molecule has 65 heavy (non-hydrogen) atoms. The maximum Gasteiger partial charge on any atom is 0.417 e. The van der Waals surface area contributed by atoms with Crippen LogP contribution in [-0.2, 0) is 30.8 Å². The number of alkyl halides is 3.